The highest BCUT2D eigenvalue weighted by Crippen LogP contribution is 2.28. The predicted molar refractivity (Wildman–Crippen MR) is 82.5 cm³/mol. The molecule has 0 radical (unpaired) electrons. The van der Waals surface area contributed by atoms with Gasteiger partial charge in [-0.25, -0.2) is 0 Å². The second-order valence-corrected chi connectivity index (χ2v) is 6.32. The molecule has 1 aliphatic rings. The van der Waals surface area contributed by atoms with E-state index in [4.69, 9.17) is 4.42 Å². The van der Waals surface area contributed by atoms with Crippen LogP contribution in [0, 0.1) is 5.92 Å². The van der Waals surface area contributed by atoms with Crippen molar-refractivity contribution < 1.29 is 9.52 Å². The summed E-state index contributed by atoms with van der Waals surface area (Å²) in [5.74, 6) is 1.61. The number of aliphatic hydroxyl groups is 1. The van der Waals surface area contributed by atoms with Gasteiger partial charge in [0.1, 0.15) is 0 Å². The summed E-state index contributed by atoms with van der Waals surface area (Å²) in [5.41, 5.74) is 0.893. The minimum atomic E-state index is 0.173. The number of hydrogen-bond donors (Lipinski definition) is 1. The summed E-state index contributed by atoms with van der Waals surface area (Å²) in [6.45, 7) is 3.89. The summed E-state index contributed by atoms with van der Waals surface area (Å²) in [4.78, 5) is 2.21. The molecule has 0 saturated carbocycles. The van der Waals surface area contributed by atoms with Gasteiger partial charge in [0.2, 0.25) is 11.8 Å². The lowest BCUT2D eigenvalue weighted by Crippen LogP contribution is -2.34. The van der Waals surface area contributed by atoms with Crippen molar-refractivity contribution in [1.29, 1.82) is 0 Å². The number of aliphatic hydroxyl groups excluding tert-OH is 1. The summed E-state index contributed by atoms with van der Waals surface area (Å²) in [6, 6.07) is 7.96. The van der Waals surface area contributed by atoms with Crippen LogP contribution in [-0.2, 0) is 6.54 Å². The van der Waals surface area contributed by atoms with E-state index in [0.29, 0.717) is 24.2 Å². The van der Waals surface area contributed by atoms with Crippen molar-refractivity contribution in [1.82, 2.24) is 15.1 Å². The maximum absolute atomic E-state index is 9.49. The standard InChI is InChI=1S/C15H18BrN3O2/c1-10-6-7-19(13(10)9-20)8-14-17-18-15(21-14)11-4-2-3-5-12(11)16/h2-5,10,13,20H,6-9H2,1H3. The molecule has 0 amide bonds. The molecular formula is C15H18BrN3O2. The number of benzene rings is 1. The molecule has 1 aliphatic heterocycles. The number of aromatic nitrogens is 2. The first-order valence-electron chi connectivity index (χ1n) is 7.11. The van der Waals surface area contributed by atoms with Gasteiger partial charge in [0.25, 0.3) is 0 Å². The van der Waals surface area contributed by atoms with Crippen molar-refractivity contribution in [2.45, 2.75) is 25.9 Å². The van der Waals surface area contributed by atoms with Crippen LogP contribution in [0.4, 0.5) is 0 Å². The van der Waals surface area contributed by atoms with Gasteiger partial charge in [0.05, 0.1) is 18.7 Å². The van der Waals surface area contributed by atoms with Crippen molar-refractivity contribution in [3.63, 3.8) is 0 Å². The van der Waals surface area contributed by atoms with Crippen molar-refractivity contribution in [3.05, 3.63) is 34.6 Å². The summed E-state index contributed by atoms with van der Waals surface area (Å²) in [6.07, 6.45) is 1.09. The zero-order chi connectivity index (χ0) is 14.8. The monoisotopic (exact) mass is 351 g/mol. The quantitative estimate of drug-likeness (QED) is 0.917. The third-order valence-electron chi connectivity index (χ3n) is 4.09. The largest absolute Gasteiger partial charge is 0.419 e. The van der Waals surface area contributed by atoms with Crippen LogP contribution in [0.2, 0.25) is 0 Å². The molecule has 0 aliphatic carbocycles. The maximum atomic E-state index is 9.49. The smallest absolute Gasteiger partial charge is 0.248 e. The summed E-state index contributed by atoms with van der Waals surface area (Å²) < 4.78 is 6.70. The maximum Gasteiger partial charge on any atom is 0.248 e. The molecule has 112 valence electrons. The number of likely N-dealkylation sites (tertiary alicyclic amines) is 1. The third kappa shape index (κ3) is 3.02. The van der Waals surface area contributed by atoms with E-state index in [9.17, 15) is 5.11 Å². The number of halogens is 1. The molecule has 0 bridgehead atoms. The fourth-order valence-corrected chi connectivity index (χ4v) is 3.27. The average molecular weight is 352 g/mol. The Morgan fingerprint density at radius 1 is 1.38 bits per heavy atom. The van der Waals surface area contributed by atoms with Gasteiger partial charge in [-0.05, 0) is 46.9 Å². The van der Waals surface area contributed by atoms with Crippen LogP contribution in [0.15, 0.2) is 33.2 Å². The first kappa shape index (κ1) is 14.7. The van der Waals surface area contributed by atoms with Gasteiger partial charge < -0.3 is 9.52 Å². The zero-order valence-corrected chi connectivity index (χ0v) is 13.5. The lowest BCUT2D eigenvalue weighted by atomic mass is 10.0. The third-order valence-corrected chi connectivity index (χ3v) is 4.79. The Morgan fingerprint density at radius 3 is 2.95 bits per heavy atom. The van der Waals surface area contributed by atoms with Crippen LogP contribution >= 0.6 is 15.9 Å². The van der Waals surface area contributed by atoms with Crippen molar-refractivity contribution in [2.75, 3.05) is 13.2 Å². The SMILES string of the molecule is CC1CCN(Cc2nnc(-c3ccccc3Br)o2)C1CO. The Hall–Kier alpha value is -1.24. The highest BCUT2D eigenvalue weighted by atomic mass is 79.9. The molecule has 1 N–H and O–H groups in total. The van der Waals surface area contributed by atoms with Crippen LogP contribution in [-0.4, -0.2) is 39.4 Å². The van der Waals surface area contributed by atoms with E-state index >= 15 is 0 Å². The molecule has 2 unspecified atom stereocenters. The molecule has 3 rings (SSSR count). The molecule has 2 heterocycles. The highest BCUT2D eigenvalue weighted by molar-refractivity contribution is 9.10. The van der Waals surface area contributed by atoms with Gasteiger partial charge in [-0.3, -0.25) is 4.90 Å². The van der Waals surface area contributed by atoms with E-state index in [0.717, 1.165) is 23.0 Å². The first-order chi connectivity index (χ1) is 10.2. The van der Waals surface area contributed by atoms with Gasteiger partial charge in [0.15, 0.2) is 0 Å². The van der Waals surface area contributed by atoms with Gasteiger partial charge in [-0.1, -0.05) is 19.1 Å². The fraction of sp³-hybridized carbons (Fsp3) is 0.467. The van der Waals surface area contributed by atoms with E-state index in [1.165, 1.54) is 0 Å². The zero-order valence-electron chi connectivity index (χ0n) is 11.9. The molecular weight excluding hydrogens is 334 g/mol. The molecule has 5 nitrogen and oxygen atoms in total. The Morgan fingerprint density at radius 2 is 2.19 bits per heavy atom. The van der Waals surface area contributed by atoms with Crippen molar-refractivity contribution >= 4 is 15.9 Å². The van der Waals surface area contributed by atoms with Crippen molar-refractivity contribution in [2.24, 2.45) is 5.92 Å². The Balaban J connectivity index is 1.76. The second kappa shape index (κ2) is 6.25. The minimum absolute atomic E-state index is 0.173. The van der Waals surface area contributed by atoms with Gasteiger partial charge in [0, 0.05) is 10.5 Å². The molecule has 6 heteroatoms. The number of hydrogen-bond acceptors (Lipinski definition) is 5. The van der Waals surface area contributed by atoms with Gasteiger partial charge in [-0.2, -0.15) is 0 Å². The molecule has 1 saturated heterocycles. The van der Waals surface area contributed by atoms with Gasteiger partial charge in [-0.15, -0.1) is 10.2 Å². The van der Waals surface area contributed by atoms with Crippen LogP contribution < -0.4 is 0 Å². The summed E-state index contributed by atoms with van der Waals surface area (Å²) in [7, 11) is 0. The topological polar surface area (TPSA) is 62.4 Å². The number of rotatable bonds is 4. The number of nitrogens with zero attached hydrogens (tertiary/aromatic N) is 3. The molecule has 2 atom stereocenters. The normalized spacial score (nSPS) is 22.8. The second-order valence-electron chi connectivity index (χ2n) is 5.47. The van der Waals surface area contributed by atoms with Gasteiger partial charge >= 0.3 is 0 Å². The van der Waals surface area contributed by atoms with Crippen LogP contribution in [0.25, 0.3) is 11.5 Å². The van der Waals surface area contributed by atoms with Crippen molar-refractivity contribution in [3.8, 4) is 11.5 Å². The summed E-state index contributed by atoms with van der Waals surface area (Å²) in [5, 5.41) is 17.7. The Labute approximate surface area is 132 Å². The molecule has 21 heavy (non-hydrogen) atoms. The highest BCUT2D eigenvalue weighted by Gasteiger charge is 2.31. The molecule has 0 spiro atoms. The Kier molecular flexibility index (Phi) is 4.37. The van der Waals surface area contributed by atoms with E-state index in [1.54, 1.807) is 0 Å². The van der Waals surface area contributed by atoms with Crippen LogP contribution in [0.3, 0.4) is 0 Å². The van der Waals surface area contributed by atoms with Crippen LogP contribution in [0.1, 0.15) is 19.2 Å². The molecule has 2 aromatic rings. The van der Waals surface area contributed by atoms with E-state index < -0.39 is 0 Å². The van der Waals surface area contributed by atoms with E-state index in [1.807, 2.05) is 24.3 Å². The minimum Gasteiger partial charge on any atom is -0.419 e. The van der Waals surface area contributed by atoms with E-state index in [2.05, 4.69) is 38.0 Å². The Bertz CT molecular complexity index is 616. The first-order valence-corrected chi connectivity index (χ1v) is 7.90. The van der Waals surface area contributed by atoms with Crippen LogP contribution in [0.5, 0.6) is 0 Å². The lowest BCUT2D eigenvalue weighted by Gasteiger charge is -2.23. The molecule has 1 fully saturated rings. The predicted octanol–water partition coefficient (Wildman–Crippen LogP) is 2.70. The lowest BCUT2D eigenvalue weighted by molar-refractivity contribution is 0.126. The average Bonchev–Trinajstić information content (AvgIpc) is 3.07. The fourth-order valence-electron chi connectivity index (χ4n) is 2.81. The molecule has 1 aromatic carbocycles. The summed E-state index contributed by atoms with van der Waals surface area (Å²) >= 11 is 3.49. The van der Waals surface area contributed by atoms with E-state index in [-0.39, 0.29) is 12.6 Å². The molecule has 1 aromatic heterocycles.